The van der Waals surface area contributed by atoms with E-state index in [9.17, 15) is 20.2 Å². The maximum Gasteiger partial charge on any atom is 0.273 e. The number of pyridine rings is 1. The van der Waals surface area contributed by atoms with Gasteiger partial charge in [-0.15, -0.1) is 0 Å². The van der Waals surface area contributed by atoms with E-state index >= 15 is 0 Å². The number of carbonyl (C=O) groups excluding carboxylic acids is 1. The predicted molar refractivity (Wildman–Crippen MR) is 94.6 cm³/mol. The number of aromatic nitrogens is 1. The van der Waals surface area contributed by atoms with Crippen molar-refractivity contribution in [3.05, 3.63) is 64.0 Å². The highest BCUT2D eigenvalue weighted by molar-refractivity contribution is 6.07. The summed E-state index contributed by atoms with van der Waals surface area (Å²) in [5.74, 6) is -0.101. The van der Waals surface area contributed by atoms with E-state index in [-0.39, 0.29) is 22.7 Å². The molecule has 26 heavy (non-hydrogen) atoms. The fourth-order valence-corrected chi connectivity index (χ4v) is 2.00. The Balaban J connectivity index is 2.18. The van der Waals surface area contributed by atoms with E-state index in [1.807, 2.05) is 13.0 Å². The maximum absolute atomic E-state index is 12.3. The molecule has 9 heteroatoms. The molecular formula is C17H15N5O4. The molecule has 2 N–H and O–H groups in total. The molecule has 9 nitrogen and oxygen atoms in total. The molecule has 0 aliphatic carbocycles. The van der Waals surface area contributed by atoms with E-state index in [0.717, 1.165) is 5.56 Å². The number of nitro groups is 1. The number of benzene rings is 1. The molecule has 0 unspecified atom stereocenters. The number of nitrogens with zero attached hydrogens (tertiary/aromatic N) is 3. The summed E-state index contributed by atoms with van der Waals surface area (Å²) < 4.78 is 5.05. The Hall–Kier alpha value is -3.93. The third kappa shape index (κ3) is 4.55. The molecule has 0 spiro atoms. The molecule has 0 fully saturated rings. The fourth-order valence-electron chi connectivity index (χ4n) is 2.00. The zero-order valence-corrected chi connectivity index (χ0v) is 14.0. The average Bonchev–Trinajstić information content (AvgIpc) is 2.62. The highest BCUT2D eigenvalue weighted by Crippen LogP contribution is 2.29. The van der Waals surface area contributed by atoms with Crippen molar-refractivity contribution in [2.45, 2.75) is 6.92 Å². The lowest BCUT2D eigenvalue weighted by Gasteiger charge is -2.09. The van der Waals surface area contributed by atoms with Crippen LogP contribution in [0.15, 0.2) is 48.3 Å². The van der Waals surface area contributed by atoms with Gasteiger partial charge in [0.1, 0.15) is 23.2 Å². The van der Waals surface area contributed by atoms with Gasteiger partial charge in [-0.3, -0.25) is 14.9 Å². The standard InChI is InChI=1S/C17H15N5O4/c1-11-5-6-19-16(7-11)20-10-12(9-18)17(23)21-14-4-3-13(22(24)25)8-15(14)26-2/h3-8,10H,1-2H3,(H,19,20)(H,21,23)/b12-10-. The minimum Gasteiger partial charge on any atom is -0.494 e. The average molecular weight is 353 g/mol. The Kier molecular flexibility index (Phi) is 5.84. The normalized spacial score (nSPS) is 10.6. The Labute approximate surface area is 149 Å². The molecule has 1 amide bonds. The van der Waals surface area contributed by atoms with Gasteiger partial charge in [-0.1, -0.05) is 0 Å². The van der Waals surface area contributed by atoms with Gasteiger partial charge in [0.15, 0.2) is 0 Å². The molecule has 0 radical (unpaired) electrons. The first kappa shape index (κ1) is 18.4. The SMILES string of the molecule is COc1cc([N+](=O)[O-])ccc1NC(=O)/C(C#N)=C\Nc1cc(C)ccn1. The Morgan fingerprint density at radius 1 is 1.38 bits per heavy atom. The van der Waals surface area contributed by atoms with Crippen molar-refractivity contribution in [2.24, 2.45) is 0 Å². The van der Waals surface area contributed by atoms with E-state index in [0.29, 0.717) is 5.82 Å². The molecule has 0 saturated carbocycles. The van der Waals surface area contributed by atoms with E-state index in [1.165, 1.54) is 31.5 Å². The number of amides is 1. The number of carbonyl (C=O) groups is 1. The van der Waals surface area contributed by atoms with E-state index in [1.54, 1.807) is 18.3 Å². The number of nitriles is 1. The Morgan fingerprint density at radius 3 is 2.77 bits per heavy atom. The number of anilines is 2. The van der Waals surface area contributed by atoms with Crippen LogP contribution in [-0.2, 0) is 4.79 Å². The van der Waals surface area contributed by atoms with Gasteiger partial charge in [0.2, 0.25) is 0 Å². The van der Waals surface area contributed by atoms with Crippen molar-refractivity contribution in [1.29, 1.82) is 5.26 Å². The number of non-ortho nitro benzene ring substituents is 1. The number of nitrogens with one attached hydrogen (secondary N) is 2. The highest BCUT2D eigenvalue weighted by Gasteiger charge is 2.15. The summed E-state index contributed by atoms with van der Waals surface area (Å²) in [5, 5.41) is 25.3. The molecule has 2 rings (SSSR count). The third-order valence-electron chi connectivity index (χ3n) is 3.29. The number of rotatable bonds is 6. The minimum absolute atomic E-state index is 0.109. The van der Waals surface area contributed by atoms with Crippen molar-refractivity contribution in [3.63, 3.8) is 0 Å². The number of ether oxygens (including phenoxy) is 1. The Bertz CT molecular complexity index is 918. The van der Waals surface area contributed by atoms with Gasteiger partial charge in [-0.2, -0.15) is 5.26 Å². The van der Waals surface area contributed by atoms with Gasteiger partial charge in [0.25, 0.3) is 11.6 Å². The molecule has 1 aromatic carbocycles. The second-order valence-corrected chi connectivity index (χ2v) is 5.13. The van der Waals surface area contributed by atoms with Crippen molar-refractivity contribution in [3.8, 4) is 11.8 Å². The first-order valence-corrected chi connectivity index (χ1v) is 7.38. The topological polar surface area (TPSA) is 130 Å². The van der Waals surface area contributed by atoms with Gasteiger partial charge in [0.05, 0.1) is 23.8 Å². The summed E-state index contributed by atoms with van der Waals surface area (Å²) in [7, 11) is 1.32. The second kappa shape index (κ2) is 8.25. The van der Waals surface area contributed by atoms with Crippen LogP contribution in [0.1, 0.15) is 5.56 Å². The summed E-state index contributed by atoms with van der Waals surface area (Å²) in [6.07, 6.45) is 2.83. The van der Waals surface area contributed by atoms with Crippen molar-refractivity contribution >= 4 is 23.1 Å². The van der Waals surface area contributed by atoms with Crippen LogP contribution >= 0.6 is 0 Å². The van der Waals surface area contributed by atoms with Crippen molar-refractivity contribution < 1.29 is 14.5 Å². The molecule has 0 aliphatic heterocycles. The first-order valence-electron chi connectivity index (χ1n) is 7.38. The van der Waals surface area contributed by atoms with E-state index in [2.05, 4.69) is 15.6 Å². The largest absolute Gasteiger partial charge is 0.494 e. The van der Waals surface area contributed by atoms with E-state index in [4.69, 9.17) is 4.74 Å². The van der Waals surface area contributed by atoms with Crippen LogP contribution in [-0.4, -0.2) is 22.9 Å². The van der Waals surface area contributed by atoms with Crippen LogP contribution in [0.25, 0.3) is 0 Å². The summed E-state index contributed by atoms with van der Waals surface area (Å²) >= 11 is 0. The minimum atomic E-state index is -0.695. The summed E-state index contributed by atoms with van der Waals surface area (Å²) in [5.41, 5.74) is 0.796. The molecule has 1 heterocycles. The third-order valence-corrected chi connectivity index (χ3v) is 3.29. The fraction of sp³-hybridized carbons (Fsp3) is 0.118. The van der Waals surface area contributed by atoms with Crippen molar-refractivity contribution in [1.82, 2.24) is 4.98 Å². The van der Waals surface area contributed by atoms with Gasteiger partial charge in [-0.25, -0.2) is 4.98 Å². The van der Waals surface area contributed by atoms with Gasteiger partial charge in [0, 0.05) is 18.5 Å². The molecule has 1 aromatic heterocycles. The number of nitro benzene ring substituents is 1. The number of aryl methyl sites for hydroxylation is 1. The van der Waals surface area contributed by atoms with Crippen LogP contribution in [0.2, 0.25) is 0 Å². The monoisotopic (exact) mass is 353 g/mol. The van der Waals surface area contributed by atoms with Crippen LogP contribution in [0.3, 0.4) is 0 Å². The summed E-state index contributed by atoms with van der Waals surface area (Å²) in [6, 6.07) is 9.09. The lowest BCUT2D eigenvalue weighted by Crippen LogP contribution is -2.15. The van der Waals surface area contributed by atoms with E-state index < -0.39 is 10.8 Å². The van der Waals surface area contributed by atoms with Crippen LogP contribution in [0, 0.1) is 28.4 Å². The second-order valence-electron chi connectivity index (χ2n) is 5.13. The smallest absolute Gasteiger partial charge is 0.273 e. The molecule has 132 valence electrons. The van der Waals surface area contributed by atoms with Gasteiger partial charge in [-0.05, 0) is 30.7 Å². The Morgan fingerprint density at radius 2 is 2.15 bits per heavy atom. The quantitative estimate of drug-likeness (QED) is 0.353. The predicted octanol–water partition coefficient (Wildman–Crippen LogP) is 2.76. The zero-order valence-electron chi connectivity index (χ0n) is 14.0. The number of methoxy groups -OCH3 is 1. The van der Waals surface area contributed by atoms with Crippen LogP contribution in [0.5, 0.6) is 5.75 Å². The lowest BCUT2D eigenvalue weighted by molar-refractivity contribution is -0.384. The van der Waals surface area contributed by atoms with Crippen LogP contribution in [0.4, 0.5) is 17.2 Å². The highest BCUT2D eigenvalue weighted by atomic mass is 16.6. The number of hydrogen-bond donors (Lipinski definition) is 2. The summed E-state index contributed by atoms with van der Waals surface area (Å²) in [6.45, 7) is 1.88. The van der Waals surface area contributed by atoms with Crippen LogP contribution < -0.4 is 15.4 Å². The maximum atomic E-state index is 12.3. The number of hydrogen-bond acceptors (Lipinski definition) is 7. The molecule has 0 atom stereocenters. The summed E-state index contributed by atoms with van der Waals surface area (Å²) in [4.78, 5) is 26.6. The molecule has 2 aromatic rings. The molecule has 0 aliphatic rings. The molecule has 0 saturated heterocycles. The zero-order chi connectivity index (χ0) is 19.1. The first-order chi connectivity index (χ1) is 12.4. The molecule has 0 bridgehead atoms. The van der Waals surface area contributed by atoms with Gasteiger partial charge >= 0.3 is 0 Å². The lowest BCUT2D eigenvalue weighted by atomic mass is 10.2. The van der Waals surface area contributed by atoms with Crippen molar-refractivity contribution in [2.75, 3.05) is 17.7 Å². The van der Waals surface area contributed by atoms with Gasteiger partial charge < -0.3 is 15.4 Å². The molecular weight excluding hydrogens is 338 g/mol.